The van der Waals surface area contributed by atoms with Crippen LogP contribution in [0.5, 0.6) is 0 Å². The van der Waals surface area contributed by atoms with Crippen molar-refractivity contribution in [1.29, 1.82) is 0 Å². The highest BCUT2D eigenvalue weighted by atomic mass is 19.1. The van der Waals surface area contributed by atoms with Crippen LogP contribution in [0.4, 0.5) is 10.1 Å². The molecule has 1 fully saturated rings. The molecule has 1 saturated heterocycles. The monoisotopic (exact) mass is 391 g/mol. The molecular formula is C23H18FNO4. The summed E-state index contributed by atoms with van der Waals surface area (Å²) in [7, 11) is 0. The number of ketones is 1. The molecule has 2 aromatic carbocycles. The summed E-state index contributed by atoms with van der Waals surface area (Å²) in [5, 5.41) is 11.1. The fourth-order valence-electron chi connectivity index (χ4n) is 3.58. The van der Waals surface area contributed by atoms with E-state index in [9.17, 15) is 19.1 Å². The molecule has 1 aliphatic heterocycles. The molecule has 0 spiro atoms. The molecule has 3 aromatic rings. The van der Waals surface area contributed by atoms with Gasteiger partial charge in [-0.1, -0.05) is 23.8 Å². The fraction of sp³-hybridized carbons (Fsp3) is 0.130. The molecule has 0 saturated carbocycles. The lowest BCUT2D eigenvalue weighted by molar-refractivity contribution is -0.132. The van der Waals surface area contributed by atoms with Gasteiger partial charge in [-0.3, -0.25) is 14.5 Å². The lowest BCUT2D eigenvalue weighted by atomic mass is 9.96. The smallest absolute Gasteiger partial charge is 0.300 e. The molecule has 1 aliphatic rings. The van der Waals surface area contributed by atoms with Crippen molar-refractivity contribution < 1.29 is 23.5 Å². The maximum Gasteiger partial charge on any atom is 0.300 e. The van der Waals surface area contributed by atoms with E-state index in [4.69, 9.17) is 4.42 Å². The lowest BCUT2D eigenvalue weighted by Crippen LogP contribution is -2.29. The van der Waals surface area contributed by atoms with Crippen molar-refractivity contribution in [1.82, 2.24) is 0 Å². The Hall–Kier alpha value is -3.67. The summed E-state index contributed by atoms with van der Waals surface area (Å²) in [6, 6.07) is 13.1. The average Bonchev–Trinajstić information content (AvgIpc) is 3.30. The number of aryl methyl sites for hydroxylation is 2. The molecule has 29 heavy (non-hydrogen) atoms. The Morgan fingerprint density at radius 3 is 2.55 bits per heavy atom. The van der Waals surface area contributed by atoms with Gasteiger partial charge in [0.2, 0.25) is 0 Å². The van der Waals surface area contributed by atoms with Crippen LogP contribution in [0.1, 0.15) is 28.5 Å². The van der Waals surface area contributed by atoms with E-state index in [-0.39, 0.29) is 17.0 Å². The Balaban J connectivity index is 1.97. The molecule has 0 radical (unpaired) electrons. The third-order valence-corrected chi connectivity index (χ3v) is 4.99. The van der Waals surface area contributed by atoms with Gasteiger partial charge in [0.25, 0.3) is 11.7 Å². The molecule has 1 unspecified atom stereocenters. The number of halogens is 1. The van der Waals surface area contributed by atoms with E-state index in [1.54, 1.807) is 25.1 Å². The molecule has 1 atom stereocenters. The van der Waals surface area contributed by atoms with Crippen molar-refractivity contribution in [2.75, 3.05) is 4.90 Å². The zero-order valence-electron chi connectivity index (χ0n) is 15.8. The highest BCUT2D eigenvalue weighted by Crippen LogP contribution is 2.42. The van der Waals surface area contributed by atoms with Gasteiger partial charge in [-0.2, -0.15) is 0 Å². The molecule has 5 nitrogen and oxygen atoms in total. The zero-order valence-corrected chi connectivity index (χ0v) is 15.8. The van der Waals surface area contributed by atoms with E-state index < -0.39 is 23.5 Å². The standard InChI is InChI=1S/C23H18FNO4/c1-13-8-9-14(2)17(11-13)21(26)19-20(18-7-4-10-29-18)25(23(28)22(19)27)16-6-3-5-15(24)12-16/h3-12,20,26H,1-2H3/b21-19-. The summed E-state index contributed by atoms with van der Waals surface area (Å²) in [5.41, 5.74) is 2.21. The minimum Gasteiger partial charge on any atom is -0.507 e. The van der Waals surface area contributed by atoms with Gasteiger partial charge < -0.3 is 9.52 Å². The summed E-state index contributed by atoms with van der Waals surface area (Å²) in [4.78, 5) is 27.0. The normalized spacial score (nSPS) is 18.4. The Morgan fingerprint density at radius 2 is 1.86 bits per heavy atom. The van der Waals surface area contributed by atoms with Crippen LogP contribution in [0.15, 0.2) is 70.9 Å². The number of amides is 1. The number of anilines is 1. The first-order valence-corrected chi connectivity index (χ1v) is 9.06. The van der Waals surface area contributed by atoms with Crippen LogP contribution >= 0.6 is 0 Å². The van der Waals surface area contributed by atoms with Crippen LogP contribution in [0, 0.1) is 19.7 Å². The van der Waals surface area contributed by atoms with Crippen molar-refractivity contribution in [2.45, 2.75) is 19.9 Å². The number of furan rings is 1. The number of hydrogen-bond acceptors (Lipinski definition) is 4. The molecule has 4 rings (SSSR count). The molecule has 1 aromatic heterocycles. The van der Waals surface area contributed by atoms with Gasteiger partial charge in [-0.15, -0.1) is 0 Å². The number of aliphatic hydroxyl groups excluding tert-OH is 1. The quantitative estimate of drug-likeness (QED) is 0.400. The summed E-state index contributed by atoms with van der Waals surface area (Å²) in [6.45, 7) is 3.67. The summed E-state index contributed by atoms with van der Waals surface area (Å²) in [5.74, 6) is -2.25. The first-order chi connectivity index (χ1) is 13.9. The van der Waals surface area contributed by atoms with E-state index in [0.717, 1.165) is 16.0 Å². The van der Waals surface area contributed by atoms with Crippen molar-refractivity contribution in [3.8, 4) is 0 Å². The topological polar surface area (TPSA) is 70.8 Å². The minimum absolute atomic E-state index is 0.0945. The largest absolute Gasteiger partial charge is 0.507 e. The average molecular weight is 391 g/mol. The highest BCUT2D eigenvalue weighted by molar-refractivity contribution is 6.51. The SMILES string of the molecule is Cc1ccc(C)c(/C(O)=C2/C(=O)C(=O)N(c3cccc(F)c3)C2c2ccco2)c1. The van der Waals surface area contributed by atoms with Crippen LogP contribution in [0.25, 0.3) is 5.76 Å². The van der Waals surface area contributed by atoms with Gasteiger partial charge in [-0.05, 0) is 55.8 Å². The molecule has 6 heteroatoms. The number of Topliss-reactive ketones (excluding diaryl/α,β-unsaturated/α-hetero) is 1. The van der Waals surface area contributed by atoms with Crippen LogP contribution in [-0.4, -0.2) is 16.8 Å². The van der Waals surface area contributed by atoms with E-state index >= 15 is 0 Å². The Labute approximate surface area is 166 Å². The second-order valence-electron chi connectivity index (χ2n) is 6.98. The molecule has 1 N–H and O–H groups in total. The van der Waals surface area contributed by atoms with Gasteiger partial charge in [0.05, 0.1) is 11.8 Å². The number of benzene rings is 2. The summed E-state index contributed by atoms with van der Waals surface area (Å²) >= 11 is 0. The maximum absolute atomic E-state index is 13.8. The molecule has 1 amide bonds. The van der Waals surface area contributed by atoms with Crippen LogP contribution < -0.4 is 4.90 Å². The highest BCUT2D eigenvalue weighted by Gasteiger charge is 2.48. The Morgan fingerprint density at radius 1 is 1.07 bits per heavy atom. The molecular weight excluding hydrogens is 373 g/mol. The molecule has 0 bridgehead atoms. The van der Waals surface area contributed by atoms with E-state index in [2.05, 4.69) is 0 Å². The Bertz CT molecular complexity index is 1150. The number of nitrogens with zero attached hydrogens (tertiary/aromatic N) is 1. The van der Waals surface area contributed by atoms with E-state index in [0.29, 0.717) is 11.3 Å². The van der Waals surface area contributed by atoms with Gasteiger partial charge in [0.1, 0.15) is 23.4 Å². The number of hydrogen-bond donors (Lipinski definition) is 1. The van der Waals surface area contributed by atoms with Crippen LogP contribution in [0.3, 0.4) is 0 Å². The molecule has 2 heterocycles. The summed E-state index contributed by atoms with van der Waals surface area (Å²) < 4.78 is 19.3. The molecule has 0 aliphatic carbocycles. The van der Waals surface area contributed by atoms with Gasteiger partial charge in [0.15, 0.2) is 0 Å². The van der Waals surface area contributed by atoms with Gasteiger partial charge in [-0.25, -0.2) is 4.39 Å². The number of carbonyl (C=O) groups is 2. The first-order valence-electron chi connectivity index (χ1n) is 9.06. The predicted octanol–water partition coefficient (Wildman–Crippen LogP) is 4.66. The zero-order chi connectivity index (χ0) is 20.7. The van der Waals surface area contributed by atoms with Crippen molar-refractivity contribution in [3.05, 3.63) is 94.7 Å². The van der Waals surface area contributed by atoms with Crippen LogP contribution in [-0.2, 0) is 9.59 Å². The van der Waals surface area contributed by atoms with E-state index in [1.807, 2.05) is 19.1 Å². The molecule has 146 valence electrons. The predicted molar refractivity (Wildman–Crippen MR) is 106 cm³/mol. The first kappa shape index (κ1) is 18.7. The van der Waals surface area contributed by atoms with Crippen molar-refractivity contribution in [3.63, 3.8) is 0 Å². The summed E-state index contributed by atoms with van der Waals surface area (Å²) in [6.07, 6.45) is 1.42. The van der Waals surface area contributed by atoms with E-state index in [1.165, 1.54) is 30.5 Å². The second kappa shape index (κ2) is 7.05. The Kier molecular flexibility index (Phi) is 4.54. The number of aliphatic hydroxyl groups is 1. The second-order valence-corrected chi connectivity index (χ2v) is 6.98. The van der Waals surface area contributed by atoms with Crippen molar-refractivity contribution >= 4 is 23.1 Å². The third-order valence-electron chi connectivity index (χ3n) is 4.99. The third kappa shape index (κ3) is 3.12. The number of carbonyl (C=O) groups excluding carboxylic acids is 2. The van der Waals surface area contributed by atoms with Gasteiger partial charge in [0, 0.05) is 11.3 Å². The van der Waals surface area contributed by atoms with Gasteiger partial charge >= 0.3 is 0 Å². The van der Waals surface area contributed by atoms with Crippen molar-refractivity contribution in [2.24, 2.45) is 0 Å². The lowest BCUT2D eigenvalue weighted by Gasteiger charge is -2.23. The fourth-order valence-corrected chi connectivity index (χ4v) is 3.58. The maximum atomic E-state index is 13.8. The minimum atomic E-state index is -1.01. The van der Waals surface area contributed by atoms with Crippen LogP contribution in [0.2, 0.25) is 0 Å². The number of rotatable bonds is 3.